The zero-order valence-electron chi connectivity index (χ0n) is 39.6. The van der Waals surface area contributed by atoms with Gasteiger partial charge in [-0.05, 0) is 64.2 Å². The molecule has 370 valence electrons. The van der Waals surface area contributed by atoms with Gasteiger partial charge < -0.3 is 34.3 Å². The predicted molar refractivity (Wildman–Crippen MR) is 253 cm³/mol. The number of ether oxygens (including phenoxy) is 4. The molecule has 0 saturated carbocycles. The van der Waals surface area contributed by atoms with Gasteiger partial charge in [0.25, 0.3) is 0 Å². The lowest BCUT2D eigenvalue weighted by atomic mass is 9.99. The molecule has 13 heteroatoms. The largest absolute Gasteiger partial charge is 0.457 e. The fraction of sp³-hybridized carbons (Fsp3) is 0.860. The van der Waals surface area contributed by atoms with Crippen molar-refractivity contribution in [1.29, 1.82) is 0 Å². The van der Waals surface area contributed by atoms with E-state index in [1.165, 1.54) is 116 Å². The van der Waals surface area contributed by atoms with E-state index >= 15 is 0 Å². The zero-order valence-corrected chi connectivity index (χ0v) is 40.5. The van der Waals surface area contributed by atoms with Crippen LogP contribution in [-0.2, 0) is 38.3 Å². The van der Waals surface area contributed by atoms with Crippen molar-refractivity contribution >= 4 is 16.4 Å². The highest BCUT2D eigenvalue weighted by molar-refractivity contribution is 7.80. The average molecular weight is 917 g/mol. The molecule has 0 aromatic carbocycles. The molecule has 0 bridgehead atoms. The first-order valence-corrected chi connectivity index (χ1v) is 26.6. The number of carbonyl (C=O) groups excluding carboxylic acids is 1. The summed E-state index contributed by atoms with van der Waals surface area (Å²) in [5.41, 5.74) is 0. The van der Waals surface area contributed by atoms with E-state index in [9.17, 15) is 28.5 Å². The van der Waals surface area contributed by atoms with Gasteiger partial charge in [-0.3, -0.25) is 9.35 Å². The molecule has 0 spiro atoms. The van der Waals surface area contributed by atoms with Crippen molar-refractivity contribution in [2.45, 2.75) is 250 Å². The first-order valence-electron chi connectivity index (χ1n) is 25.2. The molecule has 1 heterocycles. The molecule has 63 heavy (non-hydrogen) atoms. The number of hydrogen-bond acceptors (Lipinski definition) is 11. The number of aliphatic hydroxyl groups excluding tert-OH is 3. The Labute approximate surface area is 383 Å². The summed E-state index contributed by atoms with van der Waals surface area (Å²) in [6, 6.07) is 0. The van der Waals surface area contributed by atoms with Gasteiger partial charge in [0, 0.05) is 13.0 Å². The number of carbonyl (C=O) groups is 1. The first kappa shape index (κ1) is 59.3. The fourth-order valence-electron chi connectivity index (χ4n) is 7.65. The highest BCUT2D eigenvalue weighted by Crippen LogP contribution is 2.26. The van der Waals surface area contributed by atoms with Gasteiger partial charge in [-0.25, -0.2) is 4.18 Å². The van der Waals surface area contributed by atoms with E-state index in [1.807, 2.05) is 0 Å². The number of allylic oxidation sites excluding steroid dienone is 6. The average Bonchev–Trinajstić information content (AvgIpc) is 3.26. The summed E-state index contributed by atoms with van der Waals surface area (Å²) in [5, 5.41) is 30.7. The number of hydrogen-bond donors (Lipinski definition) is 4. The lowest BCUT2D eigenvalue weighted by Crippen LogP contribution is -2.60. The van der Waals surface area contributed by atoms with Crippen LogP contribution < -0.4 is 0 Å². The molecule has 1 aliphatic heterocycles. The second-order valence-electron chi connectivity index (χ2n) is 17.4. The Morgan fingerprint density at radius 2 is 1.08 bits per heavy atom. The van der Waals surface area contributed by atoms with Crippen LogP contribution in [0.25, 0.3) is 0 Å². The molecule has 1 fully saturated rings. The Hall–Kier alpha value is -1.68. The van der Waals surface area contributed by atoms with E-state index in [2.05, 4.69) is 54.5 Å². The monoisotopic (exact) mass is 917 g/mol. The second kappa shape index (κ2) is 41.7. The lowest BCUT2D eigenvalue weighted by Gasteiger charge is -2.41. The van der Waals surface area contributed by atoms with Crippen LogP contribution in [0.4, 0.5) is 0 Å². The van der Waals surface area contributed by atoms with Crippen molar-refractivity contribution in [2.75, 3.05) is 26.4 Å². The van der Waals surface area contributed by atoms with Crippen molar-refractivity contribution in [1.82, 2.24) is 0 Å². The summed E-state index contributed by atoms with van der Waals surface area (Å²) in [4.78, 5) is 12.8. The molecule has 0 aromatic heterocycles. The zero-order chi connectivity index (χ0) is 46.1. The molecule has 0 aliphatic carbocycles. The van der Waals surface area contributed by atoms with E-state index in [4.69, 9.17) is 23.5 Å². The van der Waals surface area contributed by atoms with Gasteiger partial charge in [-0.2, -0.15) is 8.42 Å². The van der Waals surface area contributed by atoms with Gasteiger partial charge in [-0.15, -0.1) is 0 Å². The molecule has 6 unspecified atom stereocenters. The number of aliphatic hydroxyl groups is 3. The third-order valence-electron chi connectivity index (χ3n) is 11.5. The SMILES string of the molecule is CCC/C=C\CCCCCCCC(=O)OC(COCCCCCCCCCCCCCCCC/C=C\C/C=C\CCCCCCC)COC1OC(CO)C(O)C(OS(=O)(=O)O)C1O. The molecule has 1 saturated heterocycles. The second-order valence-corrected chi connectivity index (χ2v) is 18.4. The highest BCUT2D eigenvalue weighted by Gasteiger charge is 2.48. The quantitative estimate of drug-likeness (QED) is 0.0197. The summed E-state index contributed by atoms with van der Waals surface area (Å²) in [6.07, 6.45) is 40.6. The highest BCUT2D eigenvalue weighted by atomic mass is 32.3. The summed E-state index contributed by atoms with van der Waals surface area (Å²) in [5.74, 6) is -0.410. The predicted octanol–water partition coefficient (Wildman–Crippen LogP) is 11.4. The van der Waals surface area contributed by atoms with E-state index in [1.54, 1.807) is 0 Å². The molecule has 0 radical (unpaired) electrons. The van der Waals surface area contributed by atoms with Crippen molar-refractivity contribution in [3.63, 3.8) is 0 Å². The van der Waals surface area contributed by atoms with Crippen molar-refractivity contribution in [3.8, 4) is 0 Å². The van der Waals surface area contributed by atoms with Crippen LogP contribution in [0, 0.1) is 0 Å². The summed E-state index contributed by atoms with van der Waals surface area (Å²) < 4.78 is 59.1. The van der Waals surface area contributed by atoms with E-state index in [-0.39, 0.29) is 19.6 Å². The Morgan fingerprint density at radius 1 is 0.603 bits per heavy atom. The van der Waals surface area contributed by atoms with Crippen LogP contribution in [0.2, 0.25) is 0 Å². The Morgan fingerprint density at radius 3 is 1.59 bits per heavy atom. The van der Waals surface area contributed by atoms with E-state index < -0.39 is 59.8 Å². The van der Waals surface area contributed by atoms with Gasteiger partial charge in [0.2, 0.25) is 0 Å². The summed E-state index contributed by atoms with van der Waals surface area (Å²) in [6.45, 7) is 3.91. The molecule has 6 atom stereocenters. The Kier molecular flexibility index (Phi) is 39.3. The van der Waals surface area contributed by atoms with Gasteiger partial charge in [0.1, 0.15) is 30.5 Å². The molecule has 12 nitrogen and oxygen atoms in total. The van der Waals surface area contributed by atoms with Crippen LogP contribution in [0.1, 0.15) is 213 Å². The Balaban J connectivity index is 2.26. The smallest absolute Gasteiger partial charge is 0.397 e. The maximum atomic E-state index is 12.8. The molecular weight excluding hydrogens is 825 g/mol. The van der Waals surface area contributed by atoms with Crippen LogP contribution in [0.15, 0.2) is 36.5 Å². The van der Waals surface area contributed by atoms with Gasteiger partial charge in [0.15, 0.2) is 6.29 Å². The molecular formula is C50H92O12S. The normalized spacial score (nSPS) is 20.1. The third-order valence-corrected chi connectivity index (χ3v) is 11.9. The molecule has 0 aromatic rings. The molecule has 4 N–H and O–H groups in total. The van der Waals surface area contributed by atoms with E-state index in [0.717, 1.165) is 70.6 Å². The van der Waals surface area contributed by atoms with Crippen LogP contribution in [-0.4, -0.2) is 97.5 Å². The lowest BCUT2D eigenvalue weighted by molar-refractivity contribution is -0.301. The summed E-state index contributed by atoms with van der Waals surface area (Å²) >= 11 is 0. The Bertz CT molecular complexity index is 1240. The van der Waals surface area contributed by atoms with Crippen molar-refractivity contribution in [3.05, 3.63) is 36.5 Å². The molecule has 1 aliphatic rings. The van der Waals surface area contributed by atoms with Crippen molar-refractivity contribution < 1.29 is 56.2 Å². The topological polar surface area (TPSA) is 178 Å². The number of rotatable bonds is 44. The maximum absolute atomic E-state index is 12.8. The standard InChI is InChI=1S/C50H92O12S/c1-3-5-7-9-11-13-15-16-17-18-19-20-21-22-23-24-25-26-27-28-29-30-32-34-36-38-40-58-42-44(60-46(52)39-37-35-33-31-14-12-10-8-6-4-2)43-59-50-48(54)49(62-63(55,56)57)47(53)45(41-51)61-50/h8,10,15-16,18-19,44-45,47-51,53-54H,3-7,9,11-14,17,20-43H2,1-2H3,(H,55,56,57)/b10-8-,16-15-,19-18-. The number of unbranched alkanes of at least 4 members (excludes halogenated alkanes) is 25. The third kappa shape index (κ3) is 35.2. The summed E-state index contributed by atoms with van der Waals surface area (Å²) in [7, 11) is -5.06. The number of esters is 1. The van der Waals surface area contributed by atoms with Crippen LogP contribution >= 0.6 is 0 Å². The van der Waals surface area contributed by atoms with Gasteiger partial charge in [-0.1, -0.05) is 179 Å². The van der Waals surface area contributed by atoms with Gasteiger partial charge >= 0.3 is 16.4 Å². The van der Waals surface area contributed by atoms with Crippen LogP contribution in [0.5, 0.6) is 0 Å². The van der Waals surface area contributed by atoms with Gasteiger partial charge in [0.05, 0.1) is 19.8 Å². The minimum absolute atomic E-state index is 0.0336. The van der Waals surface area contributed by atoms with Crippen molar-refractivity contribution in [2.24, 2.45) is 0 Å². The fourth-order valence-corrected chi connectivity index (χ4v) is 8.16. The van der Waals surface area contributed by atoms with E-state index in [0.29, 0.717) is 13.0 Å². The maximum Gasteiger partial charge on any atom is 0.397 e. The minimum Gasteiger partial charge on any atom is -0.457 e. The van der Waals surface area contributed by atoms with Crippen LogP contribution in [0.3, 0.4) is 0 Å². The molecule has 0 amide bonds. The minimum atomic E-state index is -5.06. The first-order chi connectivity index (χ1) is 30.6. The molecule has 1 rings (SSSR count).